The van der Waals surface area contributed by atoms with Crippen LogP contribution in [-0.4, -0.2) is 28.9 Å². The molecule has 0 aromatic heterocycles. The van der Waals surface area contributed by atoms with Crippen molar-refractivity contribution in [3.63, 3.8) is 0 Å². The fraction of sp³-hybridized carbons (Fsp3) is 0.400. The zero-order valence-electron chi connectivity index (χ0n) is 12.6. The molecule has 0 heterocycles. The highest BCUT2D eigenvalue weighted by molar-refractivity contribution is 5.99. The number of halogens is 3. The van der Waals surface area contributed by atoms with Gasteiger partial charge in [-0.25, -0.2) is 4.79 Å². The standard InChI is InChI=1S/C15H15F3N2O4/c1-7(21)19-11-5-9(4-10(6-11)15(16,17)18)13(22)20-12(14(23)24)8-2-3-8/h4-6,8,12H,2-3H2,1H3,(H,19,21)(H,20,22)(H,23,24). The molecule has 1 aromatic rings. The number of alkyl halides is 3. The van der Waals surface area contributed by atoms with Crippen LogP contribution in [0.4, 0.5) is 18.9 Å². The van der Waals surface area contributed by atoms with Crippen molar-refractivity contribution in [2.45, 2.75) is 32.0 Å². The molecule has 0 spiro atoms. The molecule has 1 aliphatic rings. The summed E-state index contributed by atoms with van der Waals surface area (Å²) in [5.41, 5.74) is -1.68. The van der Waals surface area contributed by atoms with Gasteiger partial charge in [0.2, 0.25) is 5.91 Å². The van der Waals surface area contributed by atoms with Gasteiger partial charge in [0.15, 0.2) is 0 Å². The molecule has 2 rings (SSSR count). The number of anilines is 1. The molecule has 1 atom stereocenters. The smallest absolute Gasteiger partial charge is 0.416 e. The van der Waals surface area contributed by atoms with Gasteiger partial charge in [-0.05, 0) is 37.0 Å². The van der Waals surface area contributed by atoms with Gasteiger partial charge in [-0.15, -0.1) is 0 Å². The monoisotopic (exact) mass is 344 g/mol. The molecular weight excluding hydrogens is 329 g/mol. The molecule has 0 saturated heterocycles. The molecule has 1 fully saturated rings. The van der Waals surface area contributed by atoms with Crippen LogP contribution in [0.2, 0.25) is 0 Å². The first-order chi connectivity index (χ1) is 11.1. The quantitative estimate of drug-likeness (QED) is 0.763. The van der Waals surface area contributed by atoms with E-state index in [9.17, 15) is 27.6 Å². The van der Waals surface area contributed by atoms with Crippen molar-refractivity contribution in [3.05, 3.63) is 29.3 Å². The number of carbonyl (C=O) groups is 3. The van der Waals surface area contributed by atoms with Crippen molar-refractivity contribution in [2.24, 2.45) is 5.92 Å². The average molecular weight is 344 g/mol. The molecule has 1 saturated carbocycles. The second-order valence-electron chi connectivity index (χ2n) is 5.60. The van der Waals surface area contributed by atoms with Crippen LogP contribution in [-0.2, 0) is 15.8 Å². The summed E-state index contributed by atoms with van der Waals surface area (Å²) in [6, 6.07) is 1.24. The zero-order chi connectivity index (χ0) is 18.1. The van der Waals surface area contributed by atoms with Crippen LogP contribution >= 0.6 is 0 Å². The van der Waals surface area contributed by atoms with E-state index in [4.69, 9.17) is 5.11 Å². The Bertz CT molecular complexity index is 684. The highest BCUT2D eigenvalue weighted by atomic mass is 19.4. The van der Waals surface area contributed by atoms with Crippen molar-refractivity contribution in [3.8, 4) is 0 Å². The molecule has 3 N–H and O–H groups in total. The Hall–Kier alpha value is -2.58. The van der Waals surface area contributed by atoms with Gasteiger partial charge in [0.1, 0.15) is 6.04 Å². The summed E-state index contributed by atoms with van der Waals surface area (Å²) < 4.78 is 38.8. The Labute approximate surface area is 135 Å². The lowest BCUT2D eigenvalue weighted by Crippen LogP contribution is -2.42. The Balaban J connectivity index is 2.31. The average Bonchev–Trinajstić information content (AvgIpc) is 3.26. The minimum absolute atomic E-state index is 0.194. The van der Waals surface area contributed by atoms with Crippen molar-refractivity contribution in [2.75, 3.05) is 5.32 Å². The number of carbonyl (C=O) groups excluding carboxylic acids is 2. The molecular formula is C15H15F3N2O4. The summed E-state index contributed by atoms with van der Waals surface area (Å²) in [6.07, 6.45) is -3.44. The molecule has 1 unspecified atom stereocenters. The Morgan fingerprint density at radius 3 is 2.29 bits per heavy atom. The van der Waals surface area contributed by atoms with E-state index in [1.807, 2.05) is 0 Å². The SMILES string of the molecule is CC(=O)Nc1cc(C(=O)NC(C(=O)O)C2CC2)cc(C(F)(F)F)c1. The van der Waals surface area contributed by atoms with Gasteiger partial charge in [-0.1, -0.05) is 0 Å². The predicted molar refractivity (Wildman–Crippen MR) is 77.4 cm³/mol. The summed E-state index contributed by atoms with van der Waals surface area (Å²) in [4.78, 5) is 34.3. The third kappa shape index (κ3) is 4.46. The van der Waals surface area contributed by atoms with Gasteiger partial charge in [0.25, 0.3) is 5.91 Å². The number of carboxylic acid groups (broad SMARTS) is 1. The summed E-state index contributed by atoms with van der Waals surface area (Å²) in [6.45, 7) is 1.12. The predicted octanol–water partition coefficient (Wildman–Crippen LogP) is 2.26. The maximum absolute atomic E-state index is 12.9. The fourth-order valence-corrected chi connectivity index (χ4v) is 2.23. The normalized spacial score (nSPS) is 15.5. The number of rotatable bonds is 5. The van der Waals surface area contributed by atoms with E-state index in [1.54, 1.807) is 0 Å². The van der Waals surface area contributed by atoms with Crippen LogP contribution < -0.4 is 10.6 Å². The summed E-state index contributed by atoms with van der Waals surface area (Å²) in [5.74, 6) is -2.99. The maximum Gasteiger partial charge on any atom is 0.416 e. The number of hydrogen-bond donors (Lipinski definition) is 3. The third-order valence-corrected chi connectivity index (χ3v) is 3.49. The van der Waals surface area contributed by atoms with E-state index in [0.717, 1.165) is 13.0 Å². The fourth-order valence-electron chi connectivity index (χ4n) is 2.23. The third-order valence-electron chi connectivity index (χ3n) is 3.49. The Morgan fingerprint density at radius 1 is 1.21 bits per heavy atom. The van der Waals surface area contributed by atoms with E-state index >= 15 is 0 Å². The molecule has 130 valence electrons. The summed E-state index contributed by atoms with van der Waals surface area (Å²) >= 11 is 0. The van der Waals surface area contributed by atoms with Gasteiger partial charge in [-0.3, -0.25) is 9.59 Å². The molecule has 1 aromatic carbocycles. The van der Waals surface area contributed by atoms with E-state index in [2.05, 4.69) is 10.6 Å². The number of amides is 2. The van der Waals surface area contributed by atoms with E-state index < -0.39 is 35.6 Å². The van der Waals surface area contributed by atoms with Crippen molar-refractivity contribution in [1.82, 2.24) is 5.32 Å². The van der Waals surface area contributed by atoms with Crippen molar-refractivity contribution >= 4 is 23.5 Å². The number of nitrogens with one attached hydrogen (secondary N) is 2. The van der Waals surface area contributed by atoms with Crippen LogP contribution in [0.5, 0.6) is 0 Å². The molecule has 0 bridgehead atoms. The second-order valence-corrected chi connectivity index (χ2v) is 5.60. The molecule has 0 aliphatic heterocycles. The molecule has 9 heteroatoms. The van der Waals surface area contributed by atoms with Gasteiger partial charge >= 0.3 is 12.1 Å². The van der Waals surface area contributed by atoms with E-state index in [-0.39, 0.29) is 17.2 Å². The Kier molecular flexibility index (Phi) is 4.81. The molecule has 6 nitrogen and oxygen atoms in total. The zero-order valence-corrected chi connectivity index (χ0v) is 12.6. The number of hydrogen-bond acceptors (Lipinski definition) is 3. The summed E-state index contributed by atoms with van der Waals surface area (Å²) in [7, 11) is 0. The minimum atomic E-state index is -4.72. The lowest BCUT2D eigenvalue weighted by molar-refractivity contribution is -0.140. The summed E-state index contributed by atoms with van der Waals surface area (Å²) in [5, 5.41) is 13.5. The Morgan fingerprint density at radius 2 is 1.83 bits per heavy atom. The molecule has 1 aliphatic carbocycles. The van der Waals surface area contributed by atoms with Gasteiger partial charge in [-0.2, -0.15) is 13.2 Å². The van der Waals surface area contributed by atoms with Gasteiger partial charge < -0.3 is 15.7 Å². The molecule has 24 heavy (non-hydrogen) atoms. The lowest BCUT2D eigenvalue weighted by atomic mass is 10.1. The first kappa shape index (κ1) is 17.8. The van der Waals surface area contributed by atoms with Crippen molar-refractivity contribution < 1.29 is 32.7 Å². The van der Waals surface area contributed by atoms with Crippen molar-refractivity contribution in [1.29, 1.82) is 0 Å². The van der Waals surface area contributed by atoms with Crippen LogP contribution in [0.1, 0.15) is 35.7 Å². The lowest BCUT2D eigenvalue weighted by Gasteiger charge is -2.16. The molecule has 2 amide bonds. The van der Waals surface area contributed by atoms with Gasteiger partial charge in [0.05, 0.1) is 5.56 Å². The maximum atomic E-state index is 12.9. The second kappa shape index (κ2) is 6.50. The van der Waals surface area contributed by atoms with Crippen LogP contribution in [0.3, 0.4) is 0 Å². The van der Waals surface area contributed by atoms with E-state index in [1.165, 1.54) is 0 Å². The highest BCUT2D eigenvalue weighted by Crippen LogP contribution is 2.34. The highest BCUT2D eigenvalue weighted by Gasteiger charge is 2.38. The van der Waals surface area contributed by atoms with E-state index in [0.29, 0.717) is 25.0 Å². The number of aliphatic carboxylic acids is 1. The first-order valence-corrected chi connectivity index (χ1v) is 7.11. The number of carboxylic acids is 1. The topological polar surface area (TPSA) is 95.5 Å². The van der Waals surface area contributed by atoms with Crippen LogP contribution in [0.15, 0.2) is 18.2 Å². The van der Waals surface area contributed by atoms with Crippen LogP contribution in [0.25, 0.3) is 0 Å². The van der Waals surface area contributed by atoms with Crippen LogP contribution in [0, 0.1) is 5.92 Å². The largest absolute Gasteiger partial charge is 0.480 e. The number of benzene rings is 1. The minimum Gasteiger partial charge on any atom is -0.480 e. The first-order valence-electron chi connectivity index (χ1n) is 7.11. The molecule has 0 radical (unpaired) electrons. The van der Waals surface area contributed by atoms with Gasteiger partial charge in [0, 0.05) is 18.2 Å².